The molecule has 3 rings (SSSR count). The summed E-state index contributed by atoms with van der Waals surface area (Å²) < 4.78 is 31.6. The highest BCUT2D eigenvalue weighted by Gasteiger charge is 2.29. The topological polar surface area (TPSA) is 84.8 Å². The lowest BCUT2D eigenvalue weighted by atomic mass is 9.90. The van der Waals surface area contributed by atoms with E-state index < -0.39 is 10.0 Å². The molecule has 24 heavy (non-hydrogen) atoms. The van der Waals surface area contributed by atoms with Crippen molar-refractivity contribution in [3.8, 4) is 0 Å². The molecule has 7 heteroatoms. The average Bonchev–Trinajstić information content (AvgIpc) is 2.85. The largest absolute Gasteiger partial charge is 0.465 e. The minimum atomic E-state index is -3.53. The van der Waals surface area contributed by atoms with Gasteiger partial charge in [-0.15, -0.1) is 0 Å². The maximum atomic E-state index is 12.0. The molecule has 2 aliphatic rings. The number of nitrogens with one attached hydrogen (secondary N) is 1. The van der Waals surface area contributed by atoms with Crippen molar-refractivity contribution in [2.75, 3.05) is 13.2 Å². The number of rotatable bonds is 5. The smallest absolute Gasteiger partial charge is 0.307 e. The lowest BCUT2D eigenvalue weighted by molar-refractivity contribution is -0.145. The Bertz CT molecular complexity index is 737. The number of carbonyl (C=O) groups is 1. The lowest BCUT2D eigenvalue weighted by Gasteiger charge is -2.20. The fourth-order valence-corrected chi connectivity index (χ4v) is 4.40. The van der Waals surface area contributed by atoms with E-state index >= 15 is 0 Å². The SMILES string of the molecule is O=C(CCN=C1NS(=O)(=O)c2ccccc21)OCC1CCCCC1. The van der Waals surface area contributed by atoms with E-state index in [0.29, 0.717) is 23.9 Å². The molecule has 130 valence electrons. The average molecular weight is 350 g/mol. The Morgan fingerprint density at radius 2 is 1.96 bits per heavy atom. The second-order valence-corrected chi connectivity index (χ2v) is 7.92. The molecule has 1 heterocycles. The maximum absolute atomic E-state index is 12.0. The molecule has 1 saturated carbocycles. The van der Waals surface area contributed by atoms with Gasteiger partial charge in [0.15, 0.2) is 0 Å². The van der Waals surface area contributed by atoms with Crippen LogP contribution in [0.25, 0.3) is 0 Å². The van der Waals surface area contributed by atoms with Crippen LogP contribution in [0.1, 0.15) is 44.1 Å². The first-order valence-corrected chi connectivity index (χ1v) is 9.87. The fraction of sp³-hybridized carbons (Fsp3) is 0.529. The van der Waals surface area contributed by atoms with Crippen LogP contribution in [0.2, 0.25) is 0 Å². The quantitative estimate of drug-likeness (QED) is 0.825. The Kier molecular flexibility index (Phi) is 5.18. The molecule has 0 spiro atoms. The Hall–Kier alpha value is -1.89. The number of sulfonamides is 1. The number of fused-ring (bicyclic) bond motifs is 1. The summed E-state index contributed by atoms with van der Waals surface area (Å²) in [4.78, 5) is 16.2. The predicted octanol–water partition coefficient (Wildman–Crippen LogP) is 2.24. The second-order valence-electron chi connectivity index (χ2n) is 6.27. The number of hydrogen-bond donors (Lipinski definition) is 1. The van der Waals surface area contributed by atoms with Gasteiger partial charge in [0.25, 0.3) is 10.0 Å². The highest BCUT2D eigenvalue weighted by atomic mass is 32.2. The fourth-order valence-electron chi connectivity index (χ4n) is 3.15. The monoisotopic (exact) mass is 350 g/mol. The first-order valence-electron chi connectivity index (χ1n) is 8.38. The Balaban J connectivity index is 1.51. The van der Waals surface area contributed by atoms with E-state index in [1.807, 2.05) is 0 Å². The molecular weight excluding hydrogens is 328 g/mol. The van der Waals surface area contributed by atoms with Gasteiger partial charge in [-0.25, -0.2) is 8.42 Å². The highest BCUT2D eigenvalue weighted by Crippen LogP contribution is 2.24. The molecule has 6 nitrogen and oxygen atoms in total. The molecule has 0 amide bonds. The Labute approximate surface area is 142 Å². The number of esters is 1. The van der Waals surface area contributed by atoms with E-state index in [1.165, 1.54) is 19.3 Å². The van der Waals surface area contributed by atoms with Crippen molar-refractivity contribution < 1.29 is 17.9 Å². The van der Waals surface area contributed by atoms with Crippen molar-refractivity contribution in [3.05, 3.63) is 29.8 Å². The first-order chi connectivity index (χ1) is 11.6. The molecule has 1 aromatic carbocycles. The summed E-state index contributed by atoms with van der Waals surface area (Å²) in [6.07, 6.45) is 6.13. The van der Waals surface area contributed by atoms with Crippen LogP contribution in [0.15, 0.2) is 34.2 Å². The van der Waals surface area contributed by atoms with Gasteiger partial charge in [-0.3, -0.25) is 14.5 Å². The van der Waals surface area contributed by atoms with Crippen LogP contribution in [0.3, 0.4) is 0 Å². The summed E-state index contributed by atoms with van der Waals surface area (Å²) in [7, 11) is -3.53. The van der Waals surface area contributed by atoms with Crippen molar-refractivity contribution >= 4 is 21.8 Å². The van der Waals surface area contributed by atoms with Crippen molar-refractivity contribution in [2.24, 2.45) is 10.9 Å². The zero-order valence-corrected chi connectivity index (χ0v) is 14.3. The third-order valence-corrected chi connectivity index (χ3v) is 5.85. The summed E-state index contributed by atoms with van der Waals surface area (Å²) >= 11 is 0. The van der Waals surface area contributed by atoms with E-state index in [4.69, 9.17) is 4.74 Å². The van der Waals surface area contributed by atoms with Gasteiger partial charge in [0.05, 0.1) is 24.5 Å². The van der Waals surface area contributed by atoms with E-state index in [1.54, 1.807) is 24.3 Å². The molecule has 0 unspecified atom stereocenters. The van der Waals surface area contributed by atoms with Gasteiger partial charge >= 0.3 is 5.97 Å². The number of aliphatic imine (C=N–C) groups is 1. The molecule has 1 aliphatic carbocycles. The Morgan fingerprint density at radius 3 is 2.75 bits per heavy atom. The number of amidine groups is 1. The van der Waals surface area contributed by atoms with Crippen molar-refractivity contribution in [3.63, 3.8) is 0 Å². The van der Waals surface area contributed by atoms with E-state index in [-0.39, 0.29) is 23.8 Å². The molecular formula is C17H22N2O4S. The zero-order chi connectivity index (χ0) is 17.0. The lowest BCUT2D eigenvalue weighted by Crippen LogP contribution is -2.23. The molecule has 0 aromatic heterocycles. The zero-order valence-electron chi connectivity index (χ0n) is 13.5. The van der Waals surface area contributed by atoms with Gasteiger partial charge in [-0.2, -0.15) is 0 Å². The molecule has 0 saturated heterocycles. The number of ether oxygens (including phenoxy) is 1. The molecule has 1 aromatic rings. The summed E-state index contributed by atoms with van der Waals surface area (Å²) in [5, 5.41) is 0. The van der Waals surface area contributed by atoms with Gasteiger partial charge in [-0.1, -0.05) is 31.4 Å². The van der Waals surface area contributed by atoms with E-state index in [9.17, 15) is 13.2 Å². The van der Waals surface area contributed by atoms with Crippen LogP contribution in [0, 0.1) is 5.92 Å². The maximum Gasteiger partial charge on any atom is 0.307 e. The summed E-state index contributed by atoms with van der Waals surface area (Å²) in [5.74, 6) is 0.507. The van der Waals surface area contributed by atoms with E-state index in [2.05, 4.69) is 9.71 Å². The number of benzene rings is 1. The van der Waals surface area contributed by atoms with Gasteiger partial charge in [-0.05, 0) is 30.9 Å². The van der Waals surface area contributed by atoms with Gasteiger partial charge in [0, 0.05) is 5.56 Å². The number of hydrogen-bond acceptors (Lipinski definition) is 5. The number of nitrogens with zero attached hydrogens (tertiary/aromatic N) is 1. The predicted molar refractivity (Wildman–Crippen MR) is 90.3 cm³/mol. The highest BCUT2D eigenvalue weighted by molar-refractivity contribution is 7.90. The first kappa shape index (κ1) is 17.0. The van der Waals surface area contributed by atoms with Crippen LogP contribution in [-0.2, 0) is 19.6 Å². The molecule has 1 fully saturated rings. The third kappa shape index (κ3) is 3.95. The van der Waals surface area contributed by atoms with Crippen LogP contribution in [0.5, 0.6) is 0 Å². The summed E-state index contributed by atoms with van der Waals surface area (Å²) in [6.45, 7) is 0.695. The standard InChI is InChI=1S/C17H22N2O4S/c20-16(23-12-13-6-2-1-3-7-13)10-11-18-17-14-8-4-5-9-15(14)24(21,22)19-17/h4-5,8-9,13H,1-3,6-7,10-12H2,(H,18,19). The van der Waals surface area contributed by atoms with Crippen LogP contribution < -0.4 is 4.72 Å². The van der Waals surface area contributed by atoms with Gasteiger partial charge < -0.3 is 4.74 Å². The van der Waals surface area contributed by atoms with E-state index in [0.717, 1.165) is 12.8 Å². The van der Waals surface area contributed by atoms with Crippen molar-refractivity contribution in [1.29, 1.82) is 0 Å². The Morgan fingerprint density at radius 1 is 1.21 bits per heavy atom. The van der Waals surface area contributed by atoms with Crippen molar-refractivity contribution in [1.82, 2.24) is 4.72 Å². The van der Waals surface area contributed by atoms with Crippen LogP contribution >= 0.6 is 0 Å². The van der Waals surface area contributed by atoms with Gasteiger partial charge in [0.1, 0.15) is 5.84 Å². The van der Waals surface area contributed by atoms with Gasteiger partial charge in [0.2, 0.25) is 0 Å². The molecule has 0 atom stereocenters. The van der Waals surface area contributed by atoms with Crippen molar-refractivity contribution in [2.45, 2.75) is 43.4 Å². The molecule has 1 N–H and O–H groups in total. The molecule has 0 bridgehead atoms. The summed E-state index contributed by atoms with van der Waals surface area (Å²) in [6, 6.07) is 6.67. The third-order valence-electron chi connectivity index (χ3n) is 4.45. The number of carbonyl (C=O) groups excluding carboxylic acids is 1. The normalized spacial score (nSPS) is 21.2. The second kappa shape index (κ2) is 7.34. The van der Waals surface area contributed by atoms with Crippen LogP contribution in [0.4, 0.5) is 0 Å². The minimum Gasteiger partial charge on any atom is -0.465 e. The molecule has 0 radical (unpaired) electrons. The molecule has 1 aliphatic heterocycles. The minimum absolute atomic E-state index is 0.153. The van der Waals surface area contributed by atoms with Crippen LogP contribution in [-0.4, -0.2) is 33.4 Å². The summed E-state index contributed by atoms with van der Waals surface area (Å²) in [5.41, 5.74) is 0.549.